The Bertz CT molecular complexity index is 101. The summed E-state index contributed by atoms with van der Waals surface area (Å²) in [5.41, 5.74) is 0.220. The van der Waals surface area contributed by atoms with E-state index in [1.165, 1.54) is 4.90 Å². The molecular formula is C7H15NO. The minimum atomic E-state index is 0.220. The Balaban J connectivity index is 2.49. The highest BCUT2D eigenvalue weighted by Crippen LogP contribution is 1.99. The van der Waals surface area contributed by atoms with Crippen LogP contribution in [-0.2, 0) is 4.74 Å². The fourth-order valence-electron chi connectivity index (χ4n) is 0.963. The number of ether oxygens (including phenoxy) is 1. The van der Waals surface area contributed by atoms with E-state index in [4.69, 9.17) is 4.74 Å². The summed E-state index contributed by atoms with van der Waals surface area (Å²) in [7, 11) is 3.99. The standard InChI is InChI=1S/C7H15NO/c1-7(2)6-9-5-4-8(7)3/h8H,3-6H2,1-2H3. The number of hydrogen-bond acceptors (Lipinski definition) is 1. The van der Waals surface area contributed by atoms with E-state index in [1.54, 1.807) is 0 Å². The SMILES string of the molecule is [CH2-][NH+]1CCOCC1(C)C. The van der Waals surface area contributed by atoms with Gasteiger partial charge in [-0.05, 0) is 13.8 Å². The monoisotopic (exact) mass is 129 g/mol. The number of hydrogen-bond donors (Lipinski definition) is 1. The van der Waals surface area contributed by atoms with Crippen molar-refractivity contribution in [2.75, 3.05) is 19.8 Å². The predicted octanol–water partition coefficient (Wildman–Crippen LogP) is -0.528. The first kappa shape index (κ1) is 7.03. The molecule has 0 amide bonds. The van der Waals surface area contributed by atoms with Gasteiger partial charge >= 0.3 is 0 Å². The van der Waals surface area contributed by atoms with Gasteiger partial charge < -0.3 is 9.64 Å². The summed E-state index contributed by atoms with van der Waals surface area (Å²) in [5.74, 6) is 0. The second kappa shape index (κ2) is 2.27. The Kier molecular flexibility index (Phi) is 1.78. The van der Waals surface area contributed by atoms with Crippen molar-refractivity contribution in [1.82, 2.24) is 0 Å². The lowest BCUT2D eigenvalue weighted by molar-refractivity contribution is -0.915. The van der Waals surface area contributed by atoms with Crippen molar-refractivity contribution in [2.45, 2.75) is 19.4 Å². The summed E-state index contributed by atoms with van der Waals surface area (Å²) >= 11 is 0. The Morgan fingerprint density at radius 3 is 2.56 bits per heavy atom. The molecule has 1 atom stereocenters. The quantitative estimate of drug-likeness (QED) is 0.434. The Morgan fingerprint density at radius 1 is 1.56 bits per heavy atom. The van der Waals surface area contributed by atoms with Gasteiger partial charge in [-0.2, -0.15) is 7.05 Å². The van der Waals surface area contributed by atoms with Crippen LogP contribution in [0.3, 0.4) is 0 Å². The van der Waals surface area contributed by atoms with Gasteiger partial charge in [0.2, 0.25) is 0 Å². The van der Waals surface area contributed by atoms with Crippen LogP contribution in [0.4, 0.5) is 0 Å². The molecule has 0 aromatic rings. The van der Waals surface area contributed by atoms with Crippen LogP contribution >= 0.6 is 0 Å². The topological polar surface area (TPSA) is 13.7 Å². The van der Waals surface area contributed by atoms with Gasteiger partial charge in [-0.15, -0.1) is 0 Å². The van der Waals surface area contributed by atoms with E-state index in [0.717, 1.165) is 19.8 Å². The molecule has 0 spiro atoms. The van der Waals surface area contributed by atoms with Crippen LogP contribution in [0.2, 0.25) is 0 Å². The van der Waals surface area contributed by atoms with Gasteiger partial charge in [-0.1, -0.05) is 0 Å². The summed E-state index contributed by atoms with van der Waals surface area (Å²) in [6.07, 6.45) is 0. The molecule has 1 aliphatic rings. The van der Waals surface area contributed by atoms with Gasteiger partial charge in [0.25, 0.3) is 0 Å². The zero-order valence-electron chi connectivity index (χ0n) is 6.24. The lowest BCUT2D eigenvalue weighted by atomic mass is 10.0. The molecule has 1 unspecified atom stereocenters. The Hall–Kier alpha value is -0.0800. The van der Waals surface area contributed by atoms with Gasteiger partial charge in [0.15, 0.2) is 0 Å². The first-order chi connectivity index (χ1) is 4.13. The summed E-state index contributed by atoms with van der Waals surface area (Å²) in [6, 6.07) is 0. The molecule has 0 saturated carbocycles. The Morgan fingerprint density at radius 2 is 2.22 bits per heavy atom. The maximum atomic E-state index is 5.29. The first-order valence-corrected chi connectivity index (χ1v) is 3.39. The second-order valence-electron chi connectivity index (χ2n) is 3.29. The maximum Gasteiger partial charge on any atom is 0.0989 e. The van der Waals surface area contributed by atoms with Gasteiger partial charge in [0.05, 0.1) is 25.3 Å². The van der Waals surface area contributed by atoms with Gasteiger partial charge in [0, 0.05) is 0 Å². The summed E-state index contributed by atoms with van der Waals surface area (Å²) in [4.78, 5) is 1.33. The molecule has 1 aliphatic heterocycles. The van der Waals surface area contributed by atoms with Crippen LogP contribution in [0.1, 0.15) is 13.8 Å². The highest BCUT2D eigenvalue weighted by atomic mass is 16.5. The molecule has 0 aliphatic carbocycles. The van der Waals surface area contributed by atoms with E-state index in [-0.39, 0.29) is 5.54 Å². The number of rotatable bonds is 0. The molecule has 9 heavy (non-hydrogen) atoms. The maximum absolute atomic E-state index is 5.29. The fraction of sp³-hybridized carbons (Fsp3) is 0.857. The van der Waals surface area contributed by atoms with Crippen molar-refractivity contribution in [2.24, 2.45) is 0 Å². The third kappa shape index (κ3) is 1.43. The van der Waals surface area contributed by atoms with Crippen molar-refractivity contribution in [3.8, 4) is 0 Å². The molecule has 0 bridgehead atoms. The average Bonchev–Trinajstić information content (AvgIpc) is 1.77. The zero-order valence-corrected chi connectivity index (χ0v) is 6.24. The molecule has 1 heterocycles. The van der Waals surface area contributed by atoms with Crippen LogP contribution in [0.25, 0.3) is 0 Å². The third-order valence-electron chi connectivity index (χ3n) is 1.97. The van der Waals surface area contributed by atoms with E-state index in [2.05, 4.69) is 20.9 Å². The molecular weight excluding hydrogens is 114 g/mol. The molecule has 0 aromatic carbocycles. The van der Waals surface area contributed by atoms with Crippen molar-refractivity contribution in [1.29, 1.82) is 0 Å². The largest absolute Gasteiger partial charge is 0.460 e. The highest BCUT2D eigenvalue weighted by Gasteiger charge is 2.27. The average molecular weight is 129 g/mol. The number of nitrogens with one attached hydrogen (secondary N) is 1. The molecule has 1 fully saturated rings. The van der Waals surface area contributed by atoms with Crippen molar-refractivity contribution >= 4 is 0 Å². The molecule has 1 saturated heterocycles. The van der Waals surface area contributed by atoms with Crippen LogP contribution in [0, 0.1) is 7.05 Å². The Labute approximate surface area is 56.8 Å². The lowest BCUT2D eigenvalue weighted by Gasteiger charge is -2.41. The van der Waals surface area contributed by atoms with Crippen LogP contribution < -0.4 is 4.90 Å². The minimum Gasteiger partial charge on any atom is -0.460 e. The van der Waals surface area contributed by atoms with Crippen LogP contribution in [0.5, 0.6) is 0 Å². The molecule has 0 radical (unpaired) electrons. The lowest BCUT2D eigenvalue weighted by Crippen LogP contribution is -3.17. The molecule has 2 heteroatoms. The first-order valence-electron chi connectivity index (χ1n) is 3.39. The molecule has 0 aromatic heterocycles. The van der Waals surface area contributed by atoms with Crippen LogP contribution in [0.15, 0.2) is 0 Å². The van der Waals surface area contributed by atoms with Crippen molar-refractivity contribution in [3.05, 3.63) is 7.05 Å². The fourth-order valence-corrected chi connectivity index (χ4v) is 0.963. The van der Waals surface area contributed by atoms with E-state index < -0.39 is 0 Å². The van der Waals surface area contributed by atoms with Gasteiger partial charge in [-0.25, -0.2) is 0 Å². The smallest absolute Gasteiger partial charge is 0.0989 e. The second-order valence-corrected chi connectivity index (χ2v) is 3.29. The van der Waals surface area contributed by atoms with Gasteiger partial charge in [0.1, 0.15) is 0 Å². The molecule has 54 valence electrons. The van der Waals surface area contributed by atoms with E-state index in [1.807, 2.05) is 0 Å². The highest BCUT2D eigenvalue weighted by molar-refractivity contribution is 4.67. The van der Waals surface area contributed by atoms with Crippen LogP contribution in [-0.4, -0.2) is 25.3 Å². The minimum absolute atomic E-state index is 0.220. The van der Waals surface area contributed by atoms with Gasteiger partial charge in [-0.3, -0.25) is 0 Å². The number of morpholine rings is 1. The molecule has 1 N–H and O–H groups in total. The van der Waals surface area contributed by atoms with E-state index in [9.17, 15) is 0 Å². The molecule has 2 nitrogen and oxygen atoms in total. The van der Waals surface area contributed by atoms with E-state index >= 15 is 0 Å². The summed E-state index contributed by atoms with van der Waals surface area (Å²) in [5, 5.41) is 0. The third-order valence-corrected chi connectivity index (χ3v) is 1.97. The predicted molar refractivity (Wildman–Crippen MR) is 36.1 cm³/mol. The summed E-state index contributed by atoms with van der Waals surface area (Å²) < 4.78 is 5.29. The zero-order chi connectivity index (χ0) is 6.91. The summed E-state index contributed by atoms with van der Waals surface area (Å²) in [6.45, 7) is 7.09. The number of quaternary nitrogens is 1. The normalized spacial score (nSPS) is 34.3. The molecule has 1 rings (SSSR count). The van der Waals surface area contributed by atoms with Crippen molar-refractivity contribution < 1.29 is 9.64 Å². The van der Waals surface area contributed by atoms with E-state index in [0.29, 0.717) is 0 Å². The van der Waals surface area contributed by atoms with Crippen molar-refractivity contribution in [3.63, 3.8) is 0 Å².